The van der Waals surface area contributed by atoms with Crippen molar-refractivity contribution in [2.24, 2.45) is 7.05 Å². The van der Waals surface area contributed by atoms with Crippen LogP contribution in [-0.4, -0.2) is 52.0 Å². The zero-order valence-electron chi connectivity index (χ0n) is 16.3. The van der Waals surface area contributed by atoms with Gasteiger partial charge in [0.2, 0.25) is 5.91 Å². The van der Waals surface area contributed by atoms with E-state index in [4.69, 9.17) is 0 Å². The number of hydrogen-bond acceptors (Lipinski definition) is 6. The van der Waals surface area contributed by atoms with Gasteiger partial charge in [-0.15, -0.1) is 0 Å². The number of unbranched alkanes of at least 4 members (excludes halogenated alkanes) is 2. The number of benzene rings is 1. The molecule has 1 N–H and O–H groups in total. The van der Waals surface area contributed by atoms with Crippen molar-refractivity contribution in [3.05, 3.63) is 47.3 Å². The van der Waals surface area contributed by atoms with Gasteiger partial charge >= 0.3 is 5.97 Å². The van der Waals surface area contributed by atoms with Crippen LogP contribution < -0.4 is 5.32 Å². The molecule has 1 aromatic heterocycles. The Bertz CT molecular complexity index is 931. The first-order valence-corrected chi connectivity index (χ1v) is 9.29. The molecule has 152 valence electrons. The molecule has 0 aliphatic carbocycles. The van der Waals surface area contributed by atoms with Crippen molar-refractivity contribution < 1.29 is 23.9 Å². The van der Waals surface area contributed by atoms with Gasteiger partial charge in [0.1, 0.15) is 0 Å². The number of aryl methyl sites for hydroxylation is 1. The maximum atomic E-state index is 12.3. The van der Waals surface area contributed by atoms with E-state index < -0.39 is 5.97 Å². The summed E-state index contributed by atoms with van der Waals surface area (Å²) in [6, 6.07) is 6.78. The number of rotatable bonds is 8. The summed E-state index contributed by atoms with van der Waals surface area (Å²) in [5.74, 6) is -1.41. The molecule has 1 aromatic carbocycles. The van der Waals surface area contributed by atoms with Gasteiger partial charge < -0.3 is 10.1 Å². The molecule has 3 amide bonds. The zero-order valence-corrected chi connectivity index (χ0v) is 16.3. The quantitative estimate of drug-likeness (QED) is 0.414. The standard InChI is InChI=1S/C20H22N4O5/c1-23-12-15(17(22-23)20(28)29-2)21-16(25)10-4-3-7-11-24-18(26)13-8-5-6-9-14(13)19(24)27/h5-6,8-9,12H,3-4,7,10-11H2,1-2H3,(H,21,25). The van der Waals surface area contributed by atoms with Crippen LogP contribution in [0.25, 0.3) is 0 Å². The Hall–Kier alpha value is -3.49. The van der Waals surface area contributed by atoms with E-state index >= 15 is 0 Å². The van der Waals surface area contributed by atoms with E-state index in [-0.39, 0.29) is 29.8 Å². The van der Waals surface area contributed by atoms with Gasteiger partial charge in [-0.3, -0.25) is 24.0 Å². The van der Waals surface area contributed by atoms with E-state index in [2.05, 4.69) is 15.2 Å². The van der Waals surface area contributed by atoms with Crippen molar-refractivity contribution in [3.63, 3.8) is 0 Å². The van der Waals surface area contributed by atoms with Gasteiger partial charge in [0.05, 0.1) is 23.9 Å². The number of esters is 1. The maximum Gasteiger partial charge on any atom is 0.360 e. The number of ether oxygens (including phenoxy) is 1. The molecule has 0 saturated carbocycles. The number of aromatic nitrogens is 2. The summed E-state index contributed by atoms with van der Waals surface area (Å²) in [4.78, 5) is 49.7. The summed E-state index contributed by atoms with van der Waals surface area (Å²) in [5.41, 5.74) is 1.23. The SMILES string of the molecule is COC(=O)c1nn(C)cc1NC(=O)CCCCCN1C(=O)c2ccccc2C1=O. The highest BCUT2D eigenvalue weighted by Gasteiger charge is 2.34. The predicted octanol–water partition coefficient (Wildman–Crippen LogP) is 2.00. The Morgan fingerprint density at radius 2 is 1.72 bits per heavy atom. The highest BCUT2D eigenvalue weighted by atomic mass is 16.5. The molecule has 9 heteroatoms. The average molecular weight is 398 g/mol. The predicted molar refractivity (Wildman–Crippen MR) is 103 cm³/mol. The maximum absolute atomic E-state index is 12.3. The van der Waals surface area contributed by atoms with Crippen LogP contribution in [0, 0.1) is 0 Å². The van der Waals surface area contributed by atoms with Gasteiger partial charge in [0.15, 0.2) is 5.69 Å². The molecule has 29 heavy (non-hydrogen) atoms. The second kappa shape index (κ2) is 8.68. The zero-order chi connectivity index (χ0) is 21.0. The molecule has 2 aromatic rings. The summed E-state index contributed by atoms with van der Waals surface area (Å²) < 4.78 is 6.07. The van der Waals surface area contributed by atoms with Crippen molar-refractivity contribution in [1.82, 2.24) is 14.7 Å². The molecule has 0 bridgehead atoms. The van der Waals surface area contributed by atoms with Crippen LogP contribution >= 0.6 is 0 Å². The normalized spacial score (nSPS) is 12.8. The number of nitrogens with zero attached hydrogens (tertiary/aromatic N) is 3. The third-order valence-electron chi connectivity index (χ3n) is 4.65. The summed E-state index contributed by atoms with van der Waals surface area (Å²) in [5, 5.41) is 6.64. The molecule has 0 spiro atoms. The molecular formula is C20H22N4O5. The van der Waals surface area contributed by atoms with Crippen LogP contribution in [0.5, 0.6) is 0 Å². The molecule has 1 aliphatic heterocycles. The lowest BCUT2D eigenvalue weighted by Gasteiger charge is -2.13. The minimum absolute atomic E-state index is 0.0500. The Morgan fingerprint density at radius 1 is 1.07 bits per heavy atom. The van der Waals surface area contributed by atoms with Gasteiger partial charge in [-0.05, 0) is 25.0 Å². The number of carbonyl (C=O) groups excluding carboxylic acids is 4. The molecule has 2 heterocycles. The molecule has 3 rings (SSSR count). The smallest absolute Gasteiger partial charge is 0.360 e. The first-order chi connectivity index (χ1) is 13.9. The lowest BCUT2D eigenvalue weighted by molar-refractivity contribution is -0.116. The lowest BCUT2D eigenvalue weighted by atomic mass is 10.1. The van der Waals surface area contributed by atoms with Crippen LogP contribution in [0.4, 0.5) is 5.69 Å². The molecule has 0 saturated heterocycles. The Morgan fingerprint density at radius 3 is 2.34 bits per heavy atom. The Balaban J connectivity index is 1.43. The van der Waals surface area contributed by atoms with E-state index in [0.29, 0.717) is 42.6 Å². The van der Waals surface area contributed by atoms with E-state index in [1.807, 2.05) is 0 Å². The Labute approximate surface area is 167 Å². The molecule has 0 fully saturated rings. The van der Waals surface area contributed by atoms with Crippen LogP contribution in [0.3, 0.4) is 0 Å². The van der Waals surface area contributed by atoms with Gasteiger partial charge in [-0.2, -0.15) is 5.10 Å². The van der Waals surface area contributed by atoms with Crippen molar-refractivity contribution in [1.29, 1.82) is 0 Å². The van der Waals surface area contributed by atoms with Gasteiger partial charge in [0, 0.05) is 26.2 Å². The van der Waals surface area contributed by atoms with Crippen LogP contribution in [-0.2, 0) is 16.6 Å². The van der Waals surface area contributed by atoms with Crippen LogP contribution in [0.15, 0.2) is 30.5 Å². The number of methoxy groups -OCH3 is 1. The topological polar surface area (TPSA) is 111 Å². The van der Waals surface area contributed by atoms with Crippen molar-refractivity contribution in [3.8, 4) is 0 Å². The van der Waals surface area contributed by atoms with Crippen molar-refractivity contribution >= 4 is 29.4 Å². The van der Waals surface area contributed by atoms with E-state index in [1.54, 1.807) is 31.3 Å². The first kappa shape index (κ1) is 20.2. The average Bonchev–Trinajstić information content (AvgIpc) is 3.19. The minimum Gasteiger partial charge on any atom is -0.464 e. The number of imide groups is 1. The molecule has 0 unspecified atom stereocenters. The fourth-order valence-corrected chi connectivity index (χ4v) is 3.21. The molecule has 0 radical (unpaired) electrons. The summed E-state index contributed by atoms with van der Waals surface area (Å²) in [7, 11) is 2.89. The largest absolute Gasteiger partial charge is 0.464 e. The fraction of sp³-hybridized carbons (Fsp3) is 0.350. The number of anilines is 1. The second-order valence-corrected chi connectivity index (χ2v) is 6.72. The second-order valence-electron chi connectivity index (χ2n) is 6.72. The number of carbonyl (C=O) groups is 4. The van der Waals surface area contributed by atoms with E-state index in [0.717, 1.165) is 0 Å². The van der Waals surface area contributed by atoms with Crippen LogP contribution in [0.1, 0.15) is 56.9 Å². The molecule has 9 nitrogen and oxygen atoms in total. The van der Waals surface area contributed by atoms with Crippen molar-refractivity contribution in [2.45, 2.75) is 25.7 Å². The summed E-state index contributed by atoms with van der Waals surface area (Å²) in [6.07, 6.45) is 3.66. The first-order valence-electron chi connectivity index (χ1n) is 9.29. The van der Waals surface area contributed by atoms with Gasteiger partial charge in [0.25, 0.3) is 11.8 Å². The van der Waals surface area contributed by atoms with Gasteiger partial charge in [-0.1, -0.05) is 18.6 Å². The minimum atomic E-state index is -0.623. The third kappa shape index (κ3) is 4.34. The van der Waals surface area contributed by atoms with Crippen LogP contribution in [0.2, 0.25) is 0 Å². The monoisotopic (exact) mass is 398 g/mol. The fourth-order valence-electron chi connectivity index (χ4n) is 3.21. The number of hydrogen-bond donors (Lipinski definition) is 1. The molecule has 0 atom stereocenters. The highest BCUT2D eigenvalue weighted by molar-refractivity contribution is 6.21. The number of fused-ring (bicyclic) bond motifs is 1. The summed E-state index contributed by atoms with van der Waals surface area (Å²) >= 11 is 0. The lowest BCUT2D eigenvalue weighted by Crippen LogP contribution is -2.30. The van der Waals surface area contributed by atoms with E-state index in [9.17, 15) is 19.2 Å². The third-order valence-corrected chi connectivity index (χ3v) is 4.65. The summed E-state index contributed by atoms with van der Waals surface area (Å²) in [6.45, 7) is 0.322. The molecular weight excluding hydrogens is 376 g/mol. The Kier molecular flexibility index (Phi) is 6.06. The van der Waals surface area contributed by atoms with Crippen molar-refractivity contribution in [2.75, 3.05) is 19.0 Å². The number of amides is 3. The highest BCUT2D eigenvalue weighted by Crippen LogP contribution is 2.23. The van der Waals surface area contributed by atoms with Gasteiger partial charge in [-0.25, -0.2) is 4.79 Å². The number of nitrogens with one attached hydrogen (secondary N) is 1. The molecule has 1 aliphatic rings. The van der Waals surface area contributed by atoms with E-state index in [1.165, 1.54) is 22.9 Å².